The standard InChI is InChI=1S/C26H30O2/c1-5-21-22(6-2)24(28-25(27)19-15-11-9-12-16-19)26(8-4,23(21)7-3)20-17-13-10-14-18-20/h9-18H,5-8H2,1-4H3. The van der Waals surface area contributed by atoms with Gasteiger partial charge in [-0.2, -0.15) is 0 Å². The average molecular weight is 375 g/mol. The molecule has 0 radical (unpaired) electrons. The van der Waals surface area contributed by atoms with Crippen LogP contribution in [-0.2, 0) is 10.2 Å². The van der Waals surface area contributed by atoms with Gasteiger partial charge in [-0.25, -0.2) is 4.79 Å². The van der Waals surface area contributed by atoms with Crippen LogP contribution in [0.15, 0.2) is 83.1 Å². The Morgan fingerprint density at radius 2 is 1.36 bits per heavy atom. The Hall–Kier alpha value is -2.61. The molecule has 2 aromatic rings. The van der Waals surface area contributed by atoms with Gasteiger partial charge in [-0.3, -0.25) is 0 Å². The molecule has 1 unspecified atom stereocenters. The molecule has 0 bridgehead atoms. The summed E-state index contributed by atoms with van der Waals surface area (Å²) in [6.45, 7) is 8.78. The Balaban J connectivity index is 2.19. The molecule has 146 valence electrons. The maximum absolute atomic E-state index is 13.0. The largest absolute Gasteiger partial charge is 0.426 e. The molecule has 0 heterocycles. The maximum atomic E-state index is 13.0. The number of carbonyl (C=O) groups excluding carboxylic acids is 1. The van der Waals surface area contributed by atoms with E-state index in [1.54, 1.807) is 0 Å². The van der Waals surface area contributed by atoms with E-state index in [1.165, 1.54) is 22.3 Å². The summed E-state index contributed by atoms with van der Waals surface area (Å²) in [5.74, 6) is 0.564. The second kappa shape index (κ2) is 8.60. The lowest BCUT2D eigenvalue weighted by Gasteiger charge is -2.34. The minimum absolute atomic E-state index is 0.275. The van der Waals surface area contributed by atoms with Crippen LogP contribution in [0.1, 0.15) is 69.3 Å². The molecule has 0 amide bonds. The fourth-order valence-electron chi connectivity index (χ4n) is 4.77. The van der Waals surface area contributed by atoms with Crippen LogP contribution in [0.25, 0.3) is 0 Å². The Morgan fingerprint density at radius 3 is 1.86 bits per heavy atom. The Labute approximate surface area is 168 Å². The summed E-state index contributed by atoms with van der Waals surface area (Å²) < 4.78 is 6.23. The molecule has 2 heteroatoms. The fraction of sp³-hybridized carbons (Fsp3) is 0.346. The Morgan fingerprint density at radius 1 is 0.786 bits per heavy atom. The van der Waals surface area contributed by atoms with Crippen molar-refractivity contribution < 1.29 is 9.53 Å². The molecule has 0 spiro atoms. The minimum Gasteiger partial charge on any atom is -0.426 e. The van der Waals surface area contributed by atoms with Crippen molar-refractivity contribution in [3.05, 3.63) is 94.3 Å². The fourth-order valence-corrected chi connectivity index (χ4v) is 4.77. The number of allylic oxidation sites excluding steroid dienone is 3. The summed E-state index contributed by atoms with van der Waals surface area (Å²) in [7, 11) is 0. The van der Waals surface area contributed by atoms with Gasteiger partial charge in [0.2, 0.25) is 0 Å². The van der Waals surface area contributed by atoms with Crippen LogP contribution in [0.3, 0.4) is 0 Å². The maximum Gasteiger partial charge on any atom is 0.343 e. The third-order valence-corrected chi connectivity index (χ3v) is 5.97. The van der Waals surface area contributed by atoms with Gasteiger partial charge in [-0.1, -0.05) is 76.2 Å². The number of carbonyl (C=O) groups is 1. The van der Waals surface area contributed by atoms with E-state index in [4.69, 9.17) is 4.74 Å². The van der Waals surface area contributed by atoms with Gasteiger partial charge in [0, 0.05) is 0 Å². The zero-order chi connectivity index (χ0) is 20.1. The highest BCUT2D eigenvalue weighted by atomic mass is 16.5. The van der Waals surface area contributed by atoms with Crippen molar-refractivity contribution in [1.29, 1.82) is 0 Å². The first-order valence-corrected chi connectivity index (χ1v) is 10.4. The molecule has 0 aromatic heterocycles. The van der Waals surface area contributed by atoms with E-state index in [0.717, 1.165) is 31.4 Å². The SMILES string of the molecule is CCC1=C(CC)C(CC)(c2ccccc2)C(OC(=O)c2ccccc2)=C1CC. The zero-order valence-electron chi connectivity index (χ0n) is 17.4. The number of benzene rings is 2. The summed E-state index contributed by atoms with van der Waals surface area (Å²) in [5.41, 5.74) is 5.40. The molecule has 1 aliphatic carbocycles. The van der Waals surface area contributed by atoms with Crippen LogP contribution in [-0.4, -0.2) is 5.97 Å². The van der Waals surface area contributed by atoms with Gasteiger partial charge in [-0.15, -0.1) is 0 Å². The first-order valence-electron chi connectivity index (χ1n) is 10.4. The van der Waals surface area contributed by atoms with Crippen LogP contribution in [0.5, 0.6) is 0 Å². The monoisotopic (exact) mass is 374 g/mol. The molecule has 1 atom stereocenters. The molecular formula is C26H30O2. The summed E-state index contributed by atoms with van der Waals surface area (Å²) in [6, 6.07) is 19.8. The van der Waals surface area contributed by atoms with Crippen molar-refractivity contribution in [2.45, 2.75) is 58.8 Å². The molecule has 0 saturated carbocycles. The molecule has 28 heavy (non-hydrogen) atoms. The molecule has 0 fully saturated rings. The van der Waals surface area contributed by atoms with E-state index in [1.807, 2.05) is 36.4 Å². The lowest BCUT2D eigenvalue weighted by Crippen LogP contribution is -2.31. The van der Waals surface area contributed by atoms with Crippen molar-refractivity contribution >= 4 is 5.97 Å². The van der Waals surface area contributed by atoms with Gasteiger partial charge in [-0.05, 0) is 60.1 Å². The third-order valence-electron chi connectivity index (χ3n) is 5.97. The van der Waals surface area contributed by atoms with Gasteiger partial charge in [0.05, 0.1) is 11.0 Å². The molecule has 0 aliphatic heterocycles. The molecular weight excluding hydrogens is 344 g/mol. The van der Waals surface area contributed by atoms with Crippen LogP contribution < -0.4 is 0 Å². The second-order valence-electron chi connectivity index (χ2n) is 7.21. The molecule has 2 nitrogen and oxygen atoms in total. The highest BCUT2D eigenvalue weighted by Crippen LogP contribution is 2.54. The van der Waals surface area contributed by atoms with E-state index >= 15 is 0 Å². The van der Waals surface area contributed by atoms with E-state index in [-0.39, 0.29) is 11.4 Å². The smallest absolute Gasteiger partial charge is 0.343 e. The Bertz CT molecular complexity index is 891. The van der Waals surface area contributed by atoms with Crippen molar-refractivity contribution in [2.24, 2.45) is 0 Å². The summed E-state index contributed by atoms with van der Waals surface area (Å²) in [5, 5.41) is 0. The average Bonchev–Trinajstić information content (AvgIpc) is 3.03. The molecule has 0 N–H and O–H groups in total. The molecule has 2 aromatic carbocycles. The predicted molar refractivity (Wildman–Crippen MR) is 115 cm³/mol. The first kappa shape index (κ1) is 20.1. The highest BCUT2D eigenvalue weighted by Gasteiger charge is 2.47. The highest BCUT2D eigenvalue weighted by molar-refractivity contribution is 5.90. The van der Waals surface area contributed by atoms with E-state index in [9.17, 15) is 4.79 Å². The van der Waals surface area contributed by atoms with Crippen LogP contribution in [0, 0.1) is 0 Å². The predicted octanol–water partition coefficient (Wildman–Crippen LogP) is 6.99. The van der Waals surface area contributed by atoms with Crippen molar-refractivity contribution in [2.75, 3.05) is 0 Å². The van der Waals surface area contributed by atoms with Gasteiger partial charge >= 0.3 is 5.97 Å². The summed E-state index contributed by atoms with van der Waals surface area (Å²) in [6.07, 6.45) is 3.62. The van der Waals surface area contributed by atoms with Crippen LogP contribution in [0.2, 0.25) is 0 Å². The van der Waals surface area contributed by atoms with E-state index < -0.39 is 0 Å². The molecule has 1 aliphatic rings. The van der Waals surface area contributed by atoms with Gasteiger partial charge in [0.1, 0.15) is 5.76 Å². The van der Waals surface area contributed by atoms with E-state index in [2.05, 4.69) is 52.0 Å². The lowest BCUT2D eigenvalue weighted by molar-refractivity contribution is 0.0579. The number of esters is 1. The number of hydrogen-bond donors (Lipinski definition) is 0. The normalized spacial score (nSPS) is 19.3. The van der Waals surface area contributed by atoms with Crippen molar-refractivity contribution in [3.8, 4) is 0 Å². The summed E-state index contributed by atoms with van der Waals surface area (Å²) >= 11 is 0. The van der Waals surface area contributed by atoms with Gasteiger partial charge in [0.15, 0.2) is 0 Å². The van der Waals surface area contributed by atoms with Crippen LogP contribution in [0.4, 0.5) is 0 Å². The number of hydrogen-bond acceptors (Lipinski definition) is 2. The van der Waals surface area contributed by atoms with Gasteiger partial charge < -0.3 is 4.74 Å². The summed E-state index contributed by atoms with van der Waals surface area (Å²) in [4.78, 5) is 13.0. The number of rotatable bonds is 7. The third kappa shape index (κ3) is 3.22. The van der Waals surface area contributed by atoms with Crippen molar-refractivity contribution in [1.82, 2.24) is 0 Å². The lowest BCUT2D eigenvalue weighted by atomic mass is 9.71. The van der Waals surface area contributed by atoms with Gasteiger partial charge in [0.25, 0.3) is 0 Å². The minimum atomic E-state index is -0.364. The molecule has 3 rings (SSSR count). The molecule has 0 saturated heterocycles. The second-order valence-corrected chi connectivity index (χ2v) is 7.21. The van der Waals surface area contributed by atoms with Crippen molar-refractivity contribution in [3.63, 3.8) is 0 Å². The first-order chi connectivity index (χ1) is 13.6. The number of ether oxygens (including phenoxy) is 1. The van der Waals surface area contributed by atoms with E-state index in [0.29, 0.717) is 5.56 Å². The quantitative estimate of drug-likeness (QED) is 0.488. The van der Waals surface area contributed by atoms with Crippen LogP contribution >= 0.6 is 0 Å². The topological polar surface area (TPSA) is 26.3 Å². The Kier molecular flexibility index (Phi) is 6.18. The zero-order valence-corrected chi connectivity index (χ0v) is 17.4.